The highest BCUT2D eigenvalue weighted by Crippen LogP contribution is 2.40. The Labute approximate surface area is 178 Å². The molecule has 2 heterocycles. The molecule has 1 amide bonds. The van der Waals surface area contributed by atoms with Gasteiger partial charge in [-0.25, -0.2) is 0 Å². The van der Waals surface area contributed by atoms with Gasteiger partial charge in [0.25, 0.3) is 11.5 Å². The number of carbonyl (C=O) groups excluding carboxylic acids is 1. The monoisotopic (exact) mass is 418 g/mol. The third-order valence-corrected chi connectivity index (χ3v) is 6.19. The molecule has 0 aliphatic heterocycles. The number of para-hydroxylation sites is 1. The summed E-state index contributed by atoms with van der Waals surface area (Å²) >= 11 is 1.40. The molecule has 4 aromatic rings. The molecule has 1 N–H and O–H groups in total. The Hall–Kier alpha value is -3.38. The zero-order valence-corrected chi connectivity index (χ0v) is 17.6. The lowest BCUT2D eigenvalue weighted by molar-refractivity contribution is 0.0984. The van der Waals surface area contributed by atoms with E-state index in [1.54, 1.807) is 4.57 Å². The average Bonchev–Trinajstić information content (AvgIpc) is 3.21. The van der Waals surface area contributed by atoms with Crippen molar-refractivity contribution in [3.8, 4) is 16.9 Å². The quantitative estimate of drug-likeness (QED) is 0.489. The van der Waals surface area contributed by atoms with Crippen LogP contribution in [-0.4, -0.2) is 22.1 Å². The maximum Gasteiger partial charge on any atom is 0.268 e. The van der Waals surface area contributed by atoms with E-state index in [0.29, 0.717) is 29.0 Å². The van der Waals surface area contributed by atoms with Gasteiger partial charge in [-0.2, -0.15) is 0 Å². The van der Waals surface area contributed by atoms with Crippen LogP contribution in [0, 0.1) is 0 Å². The van der Waals surface area contributed by atoms with Crippen LogP contribution in [0.3, 0.4) is 0 Å². The topological polar surface area (TPSA) is 62.5 Å². The van der Waals surface area contributed by atoms with Crippen molar-refractivity contribution in [3.63, 3.8) is 0 Å². The fraction of sp³-hybridized carbons (Fsp3) is 0.167. The van der Waals surface area contributed by atoms with Crippen molar-refractivity contribution in [1.29, 1.82) is 0 Å². The molecule has 0 saturated carbocycles. The molecule has 0 saturated heterocycles. The summed E-state index contributed by atoms with van der Waals surface area (Å²) in [4.78, 5) is 28.9. The van der Waals surface area contributed by atoms with Gasteiger partial charge in [0, 0.05) is 29.7 Å². The molecular formula is C24H22N2O3S. The molecule has 5 nitrogen and oxygen atoms in total. The Morgan fingerprint density at radius 1 is 1.03 bits per heavy atom. The molecule has 0 radical (unpaired) electrons. The number of rotatable bonds is 5. The molecule has 2 aromatic heterocycles. The van der Waals surface area contributed by atoms with Crippen molar-refractivity contribution in [2.45, 2.75) is 20.4 Å². The van der Waals surface area contributed by atoms with E-state index in [0.717, 1.165) is 11.1 Å². The van der Waals surface area contributed by atoms with Crippen molar-refractivity contribution in [2.75, 3.05) is 11.4 Å². The number of amides is 1. The highest BCUT2D eigenvalue weighted by atomic mass is 32.1. The first-order valence-corrected chi connectivity index (χ1v) is 10.8. The van der Waals surface area contributed by atoms with E-state index in [1.165, 1.54) is 16.2 Å². The van der Waals surface area contributed by atoms with Gasteiger partial charge in [-0.05, 0) is 31.5 Å². The lowest BCUT2D eigenvalue weighted by Gasteiger charge is -2.22. The van der Waals surface area contributed by atoms with Crippen molar-refractivity contribution < 1.29 is 9.90 Å². The van der Waals surface area contributed by atoms with Crippen LogP contribution in [0.1, 0.15) is 24.2 Å². The van der Waals surface area contributed by atoms with E-state index in [4.69, 9.17) is 0 Å². The summed E-state index contributed by atoms with van der Waals surface area (Å²) in [5.41, 5.74) is 1.76. The summed E-state index contributed by atoms with van der Waals surface area (Å²) < 4.78 is 1.57. The van der Waals surface area contributed by atoms with Gasteiger partial charge in [-0.3, -0.25) is 14.2 Å². The Kier molecular flexibility index (Phi) is 5.42. The van der Waals surface area contributed by atoms with Crippen molar-refractivity contribution in [2.24, 2.45) is 0 Å². The summed E-state index contributed by atoms with van der Waals surface area (Å²) in [5, 5.41) is 13.7. The van der Waals surface area contributed by atoms with E-state index < -0.39 is 11.5 Å². The van der Waals surface area contributed by atoms with Crippen LogP contribution in [-0.2, 0) is 6.54 Å². The molecule has 0 aliphatic carbocycles. The van der Waals surface area contributed by atoms with Crippen LogP contribution in [0.5, 0.6) is 5.75 Å². The molecule has 0 unspecified atom stereocenters. The third-order valence-electron chi connectivity index (χ3n) is 5.19. The number of benzene rings is 2. The zero-order chi connectivity index (χ0) is 21.3. The summed E-state index contributed by atoms with van der Waals surface area (Å²) in [7, 11) is 0. The van der Waals surface area contributed by atoms with Gasteiger partial charge in [0.1, 0.15) is 16.1 Å². The largest absolute Gasteiger partial charge is 0.506 e. The standard InChI is InChI=1S/C24H22N2O3S/c1-3-25(17-13-9-6-10-14-17)22(28)20-21(27)19-18(16-11-7-5-8-12-16)15-30-24(19)26(4-2)23(20)29/h5-15,27H,3-4H2,1-2H3. The number of hydrogen-bond donors (Lipinski definition) is 1. The molecule has 0 spiro atoms. The summed E-state index contributed by atoms with van der Waals surface area (Å²) in [6, 6.07) is 18.8. The minimum absolute atomic E-state index is 0.189. The van der Waals surface area contributed by atoms with Crippen molar-refractivity contribution in [3.05, 3.63) is 82.0 Å². The van der Waals surface area contributed by atoms with Crippen LogP contribution in [0.2, 0.25) is 0 Å². The van der Waals surface area contributed by atoms with E-state index in [1.807, 2.05) is 79.9 Å². The van der Waals surface area contributed by atoms with Crippen molar-refractivity contribution >= 4 is 33.1 Å². The van der Waals surface area contributed by atoms with Crippen LogP contribution < -0.4 is 10.5 Å². The number of aromatic nitrogens is 1. The van der Waals surface area contributed by atoms with Gasteiger partial charge in [0.05, 0.1) is 5.39 Å². The van der Waals surface area contributed by atoms with Gasteiger partial charge in [0.15, 0.2) is 0 Å². The Morgan fingerprint density at radius 2 is 1.67 bits per heavy atom. The SMILES string of the molecule is CCN(C(=O)c1c(O)c2c(-c3ccccc3)csc2n(CC)c1=O)c1ccccc1. The van der Waals surface area contributed by atoms with Gasteiger partial charge in [-0.1, -0.05) is 48.5 Å². The molecule has 6 heteroatoms. The lowest BCUT2D eigenvalue weighted by atomic mass is 10.0. The first-order valence-electron chi connectivity index (χ1n) is 9.87. The first kappa shape index (κ1) is 19.9. The highest BCUT2D eigenvalue weighted by Gasteiger charge is 2.28. The molecular weight excluding hydrogens is 396 g/mol. The van der Waals surface area contributed by atoms with Crippen LogP contribution in [0.25, 0.3) is 21.3 Å². The normalized spacial score (nSPS) is 11.0. The third kappa shape index (κ3) is 3.19. The van der Waals surface area contributed by atoms with Crippen LogP contribution >= 0.6 is 11.3 Å². The second-order valence-corrected chi connectivity index (χ2v) is 7.71. The van der Waals surface area contributed by atoms with E-state index in [9.17, 15) is 14.7 Å². The van der Waals surface area contributed by atoms with Gasteiger partial charge >= 0.3 is 0 Å². The van der Waals surface area contributed by atoms with E-state index in [-0.39, 0.29) is 11.3 Å². The lowest BCUT2D eigenvalue weighted by Crippen LogP contribution is -2.36. The molecule has 0 bridgehead atoms. The van der Waals surface area contributed by atoms with Crippen LogP contribution in [0.15, 0.2) is 70.8 Å². The second-order valence-electron chi connectivity index (χ2n) is 6.85. The molecule has 30 heavy (non-hydrogen) atoms. The molecule has 4 rings (SSSR count). The first-order chi connectivity index (χ1) is 14.6. The Bertz CT molecular complexity index is 1260. The van der Waals surface area contributed by atoms with Gasteiger partial charge < -0.3 is 10.0 Å². The minimum Gasteiger partial charge on any atom is -0.506 e. The number of hydrogen-bond acceptors (Lipinski definition) is 4. The number of anilines is 1. The Morgan fingerprint density at radius 3 is 2.27 bits per heavy atom. The average molecular weight is 419 g/mol. The molecule has 0 aliphatic rings. The van der Waals surface area contributed by atoms with E-state index in [2.05, 4.69) is 0 Å². The fourth-order valence-electron chi connectivity index (χ4n) is 3.73. The predicted molar refractivity (Wildman–Crippen MR) is 123 cm³/mol. The molecule has 2 aromatic carbocycles. The van der Waals surface area contributed by atoms with Gasteiger partial charge in [0.2, 0.25) is 0 Å². The smallest absolute Gasteiger partial charge is 0.268 e. The number of fused-ring (bicyclic) bond motifs is 1. The number of nitrogens with zero attached hydrogens (tertiary/aromatic N) is 2. The minimum atomic E-state index is -0.500. The number of aryl methyl sites for hydroxylation is 1. The van der Waals surface area contributed by atoms with Crippen molar-refractivity contribution in [1.82, 2.24) is 4.57 Å². The molecule has 0 fully saturated rings. The highest BCUT2D eigenvalue weighted by molar-refractivity contribution is 7.17. The zero-order valence-electron chi connectivity index (χ0n) is 16.8. The second kappa shape index (κ2) is 8.16. The molecule has 0 atom stereocenters. The van der Waals surface area contributed by atoms with Gasteiger partial charge in [-0.15, -0.1) is 11.3 Å². The van der Waals surface area contributed by atoms with E-state index >= 15 is 0 Å². The molecule has 152 valence electrons. The maximum absolute atomic E-state index is 13.5. The fourth-order valence-corrected chi connectivity index (χ4v) is 4.87. The summed E-state index contributed by atoms with van der Waals surface area (Å²) in [6.45, 7) is 4.49. The number of carbonyl (C=O) groups is 1. The summed E-state index contributed by atoms with van der Waals surface area (Å²) in [5.74, 6) is -0.750. The maximum atomic E-state index is 13.5. The number of pyridine rings is 1. The van der Waals surface area contributed by atoms with Crippen LogP contribution in [0.4, 0.5) is 5.69 Å². The Balaban J connectivity index is 1.98. The summed E-state index contributed by atoms with van der Waals surface area (Å²) in [6.07, 6.45) is 0. The predicted octanol–water partition coefficient (Wildman–Crippen LogP) is 5.12. The number of aromatic hydroxyl groups is 1. The number of thiophene rings is 1.